The maximum absolute atomic E-state index is 12.3. The highest BCUT2D eigenvalue weighted by molar-refractivity contribution is 5.96. The van der Waals surface area contributed by atoms with Crippen molar-refractivity contribution < 1.29 is 14.4 Å². The predicted molar refractivity (Wildman–Crippen MR) is 117 cm³/mol. The molecule has 0 aliphatic rings. The maximum Gasteiger partial charge on any atom is 0.243 e. The monoisotopic (exact) mass is 396 g/mol. The molecule has 29 heavy (non-hydrogen) atoms. The summed E-state index contributed by atoms with van der Waals surface area (Å²) in [5.41, 5.74) is 3.62. The van der Waals surface area contributed by atoms with Crippen LogP contribution in [0.15, 0.2) is 42.5 Å². The van der Waals surface area contributed by atoms with Gasteiger partial charge in [-0.25, -0.2) is 0 Å². The molecule has 0 aromatic heterocycles. The lowest BCUT2D eigenvalue weighted by Crippen LogP contribution is -2.22. The van der Waals surface area contributed by atoms with Gasteiger partial charge in [-0.1, -0.05) is 26.0 Å². The highest BCUT2D eigenvalue weighted by Crippen LogP contribution is 2.21. The van der Waals surface area contributed by atoms with E-state index in [4.69, 9.17) is 0 Å². The predicted octanol–water partition coefficient (Wildman–Crippen LogP) is 4.13. The molecule has 0 heterocycles. The molecule has 2 rings (SSSR count). The van der Waals surface area contributed by atoms with Gasteiger partial charge in [-0.05, 0) is 49.2 Å². The van der Waals surface area contributed by atoms with Gasteiger partial charge in [0.05, 0.1) is 6.54 Å². The Morgan fingerprint density at radius 1 is 0.793 bits per heavy atom. The van der Waals surface area contributed by atoms with Crippen LogP contribution in [0.5, 0.6) is 0 Å². The zero-order valence-electron chi connectivity index (χ0n) is 17.1. The second-order valence-electron chi connectivity index (χ2n) is 6.71. The van der Waals surface area contributed by atoms with E-state index < -0.39 is 0 Å². The average Bonchev–Trinajstić information content (AvgIpc) is 2.69. The number of hydrogen-bond donors (Lipinski definition) is 4. The van der Waals surface area contributed by atoms with E-state index in [0.717, 1.165) is 17.7 Å². The van der Waals surface area contributed by atoms with Crippen molar-refractivity contribution in [3.63, 3.8) is 0 Å². The lowest BCUT2D eigenvalue weighted by molar-refractivity contribution is -0.116. The maximum atomic E-state index is 12.3. The first kappa shape index (κ1) is 21.9. The van der Waals surface area contributed by atoms with Crippen LogP contribution in [-0.4, -0.2) is 24.3 Å². The fraction of sp³-hybridized carbons (Fsp3) is 0.318. The summed E-state index contributed by atoms with van der Waals surface area (Å²) < 4.78 is 0. The summed E-state index contributed by atoms with van der Waals surface area (Å²) in [4.78, 5) is 35.6. The number of anilines is 4. The van der Waals surface area contributed by atoms with Crippen LogP contribution in [0.2, 0.25) is 0 Å². The van der Waals surface area contributed by atoms with Crippen molar-refractivity contribution in [2.75, 3.05) is 27.8 Å². The molecule has 154 valence electrons. The van der Waals surface area contributed by atoms with E-state index in [9.17, 15) is 14.4 Å². The normalized spacial score (nSPS) is 10.2. The number of nitrogens with one attached hydrogen (secondary N) is 4. The number of aryl methyl sites for hydroxylation is 1. The molecule has 0 atom stereocenters. The van der Waals surface area contributed by atoms with Crippen LogP contribution in [0, 0.1) is 6.92 Å². The van der Waals surface area contributed by atoms with Gasteiger partial charge in [-0.2, -0.15) is 0 Å². The number of amides is 3. The first-order chi connectivity index (χ1) is 13.9. The van der Waals surface area contributed by atoms with Crippen LogP contribution in [-0.2, 0) is 14.4 Å². The number of carbonyl (C=O) groups excluding carboxylic acids is 3. The molecule has 3 amide bonds. The molecule has 0 saturated heterocycles. The van der Waals surface area contributed by atoms with Crippen LogP contribution in [0.4, 0.5) is 22.7 Å². The molecule has 0 spiro atoms. The minimum Gasteiger partial charge on any atom is -0.376 e. The lowest BCUT2D eigenvalue weighted by Gasteiger charge is -2.12. The minimum atomic E-state index is -0.220. The van der Waals surface area contributed by atoms with Gasteiger partial charge in [0.25, 0.3) is 0 Å². The van der Waals surface area contributed by atoms with Crippen molar-refractivity contribution >= 4 is 40.5 Å². The van der Waals surface area contributed by atoms with Crippen molar-refractivity contribution in [3.8, 4) is 0 Å². The van der Waals surface area contributed by atoms with Gasteiger partial charge in [0.1, 0.15) is 0 Å². The Balaban J connectivity index is 1.92. The first-order valence-electron chi connectivity index (χ1n) is 9.75. The SMILES string of the molecule is CCCC(=O)Nc1cccc(NCC(=O)Nc2ccc(C)c(NC(=O)CC)c2)c1. The molecule has 0 fully saturated rings. The second-order valence-corrected chi connectivity index (χ2v) is 6.71. The molecule has 0 unspecified atom stereocenters. The van der Waals surface area contributed by atoms with E-state index in [1.807, 2.05) is 32.0 Å². The van der Waals surface area contributed by atoms with Gasteiger partial charge in [-0.15, -0.1) is 0 Å². The Morgan fingerprint density at radius 3 is 2.21 bits per heavy atom. The molecule has 7 heteroatoms. The molecule has 7 nitrogen and oxygen atoms in total. The minimum absolute atomic E-state index is 0.0345. The first-order valence-corrected chi connectivity index (χ1v) is 9.75. The van der Waals surface area contributed by atoms with E-state index in [1.165, 1.54) is 0 Å². The molecule has 0 radical (unpaired) electrons. The second kappa shape index (κ2) is 10.8. The van der Waals surface area contributed by atoms with Crippen LogP contribution >= 0.6 is 0 Å². The molecule has 0 bridgehead atoms. The van der Waals surface area contributed by atoms with Crippen molar-refractivity contribution in [2.24, 2.45) is 0 Å². The molecule has 2 aromatic rings. The number of carbonyl (C=O) groups is 3. The summed E-state index contributed by atoms with van der Waals surface area (Å²) in [6.07, 6.45) is 1.64. The van der Waals surface area contributed by atoms with Gasteiger partial charge < -0.3 is 21.3 Å². The van der Waals surface area contributed by atoms with Crippen LogP contribution < -0.4 is 21.3 Å². The topological polar surface area (TPSA) is 99.3 Å². The highest BCUT2D eigenvalue weighted by Gasteiger charge is 2.08. The third-order valence-corrected chi connectivity index (χ3v) is 4.19. The molecular weight excluding hydrogens is 368 g/mol. The molecule has 4 N–H and O–H groups in total. The Kier molecular flexibility index (Phi) is 8.21. The van der Waals surface area contributed by atoms with Crippen molar-refractivity contribution in [2.45, 2.75) is 40.0 Å². The van der Waals surface area contributed by atoms with E-state index in [0.29, 0.717) is 29.9 Å². The molecular formula is C22H28N4O3. The third kappa shape index (κ3) is 7.29. The van der Waals surface area contributed by atoms with Crippen LogP contribution in [0.3, 0.4) is 0 Å². The zero-order valence-corrected chi connectivity index (χ0v) is 17.1. The molecule has 0 aliphatic heterocycles. The summed E-state index contributed by atoms with van der Waals surface area (Å²) in [5, 5.41) is 11.5. The standard InChI is InChI=1S/C22H28N4O3/c1-4-7-21(28)24-17-9-6-8-16(12-17)23-14-22(29)25-18-11-10-15(3)19(13-18)26-20(27)5-2/h6,8-13,23H,4-5,7,14H2,1-3H3,(H,24,28)(H,25,29)(H,26,27). The quantitative estimate of drug-likeness (QED) is 0.512. The fourth-order valence-electron chi connectivity index (χ4n) is 2.62. The number of rotatable bonds is 9. The van der Waals surface area contributed by atoms with Gasteiger partial charge >= 0.3 is 0 Å². The summed E-state index contributed by atoms with van der Waals surface area (Å²) in [5.74, 6) is -0.334. The third-order valence-electron chi connectivity index (χ3n) is 4.19. The zero-order chi connectivity index (χ0) is 21.2. The van der Waals surface area contributed by atoms with E-state index in [1.54, 1.807) is 31.2 Å². The number of hydrogen-bond acceptors (Lipinski definition) is 4. The fourth-order valence-corrected chi connectivity index (χ4v) is 2.62. The Hall–Kier alpha value is -3.35. The average molecular weight is 396 g/mol. The van der Waals surface area contributed by atoms with Gasteiger partial charge in [-0.3, -0.25) is 14.4 Å². The van der Waals surface area contributed by atoms with Gasteiger partial charge in [0, 0.05) is 35.6 Å². The van der Waals surface area contributed by atoms with E-state index in [-0.39, 0.29) is 24.3 Å². The molecule has 0 aliphatic carbocycles. The molecule has 0 saturated carbocycles. The highest BCUT2D eigenvalue weighted by atomic mass is 16.2. The van der Waals surface area contributed by atoms with E-state index >= 15 is 0 Å². The summed E-state index contributed by atoms with van der Waals surface area (Å²) in [6.45, 7) is 5.69. The van der Waals surface area contributed by atoms with Crippen molar-refractivity contribution in [3.05, 3.63) is 48.0 Å². The van der Waals surface area contributed by atoms with E-state index in [2.05, 4.69) is 21.3 Å². The van der Waals surface area contributed by atoms with Crippen LogP contribution in [0.1, 0.15) is 38.7 Å². The van der Waals surface area contributed by atoms with Gasteiger partial charge in [0.15, 0.2) is 0 Å². The Bertz CT molecular complexity index is 880. The smallest absolute Gasteiger partial charge is 0.243 e. The summed E-state index contributed by atoms with van der Waals surface area (Å²) >= 11 is 0. The number of benzene rings is 2. The van der Waals surface area contributed by atoms with Crippen molar-refractivity contribution in [1.29, 1.82) is 0 Å². The Morgan fingerprint density at radius 2 is 1.48 bits per heavy atom. The van der Waals surface area contributed by atoms with Gasteiger partial charge in [0.2, 0.25) is 17.7 Å². The van der Waals surface area contributed by atoms with Crippen molar-refractivity contribution in [1.82, 2.24) is 0 Å². The molecule has 2 aromatic carbocycles. The Labute approximate surface area is 171 Å². The van der Waals surface area contributed by atoms with Crippen LogP contribution in [0.25, 0.3) is 0 Å². The lowest BCUT2D eigenvalue weighted by atomic mass is 10.1. The summed E-state index contributed by atoms with van der Waals surface area (Å²) in [7, 11) is 0. The summed E-state index contributed by atoms with van der Waals surface area (Å²) in [6, 6.07) is 12.6. The largest absolute Gasteiger partial charge is 0.376 e.